The topological polar surface area (TPSA) is 53.4 Å². The van der Waals surface area contributed by atoms with E-state index in [0.29, 0.717) is 5.56 Å². The van der Waals surface area contributed by atoms with Crippen LogP contribution in [0, 0.1) is 0 Å². The molecule has 1 fully saturated rings. The van der Waals surface area contributed by atoms with Gasteiger partial charge in [-0.25, -0.2) is 0 Å². The molecule has 2 aromatic rings. The Labute approximate surface area is 118 Å². The van der Waals surface area contributed by atoms with E-state index in [1.165, 1.54) is 0 Å². The molecule has 1 aromatic carbocycles. The number of piperidine rings is 1. The quantitative estimate of drug-likeness (QED) is 0.910. The predicted octanol–water partition coefficient (Wildman–Crippen LogP) is 2.22. The molecule has 20 heavy (non-hydrogen) atoms. The van der Waals surface area contributed by atoms with Gasteiger partial charge in [-0.15, -0.1) is 0 Å². The minimum absolute atomic E-state index is 0.00880. The summed E-state index contributed by atoms with van der Waals surface area (Å²) in [4.78, 5) is 18.7. The van der Waals surface area contributed by atoms with Crippen molar-refractivity contribution in [1.82, 2.24) is 9.88 Å². The normalized spacial score (nSPS) is 19.2. The molecule has 0 aliphatic carbocycles. The molecule has 1 saturated heterocycles. The van der Waals surface area contributed by atoms with Crippen LogP contribution in [0.4, 0.5) is 0 Å². The number of aromatic nitrogens is 1. The Morgan fingerprint density at radius 2 is 2.25 bits per heavy atom. The van der Waals surface area contributed by atoms with Crippen molar-refractivity contribution >= 4 is 16.8 Å². The lowest BCUT2D eigenvalue weighted by Gasteiger charge is -2.34. The maximum absolute atomic E-state index is 12.6. The van der Waals surface area contributed by atoms with Crippen molar-refractivity contribution in [3.8, 4) is 0 Å². The SMILES string of the molecule is O=C(c1ccc2ncccc2c1)N1CCCCC1CO. The van der Waals surface area contributed by atoms with Gasteiger partial charge in [-0.3, -0.25) is 9.78 Å². The number of aliphatic hydroxyl groups excluding tert-OH is 1. The first kappa shape index (κ1) is 13.1. The van der Waals surface area contributed by atoms with Gasteiger partial charge in [0.2, 0.25) is 0 Å². The van der Waals surface area contributed by atoms with Crippen LogP contribution in [-0.2, 0) is 0 Å². The van der Waals surface area contributed by atoms with Crippen molar-refractivity contribution in [3.63, 3.8) is 0 Å². The minimum atomic E-state index is -0.0409. The molecule has 0 saturated carbocycles. The fourth-order valence-corrected chi connectivity index (χ4v) is 2.83. The van der Waals surface area contributed by atoms with E-state index >= 15 is 0 Å². The van der Waals surface area contributed by atoms with Gasteiger partial charge in [-0.2, -0.15) is 0 Å². The molecule has 1 amide bonds. The standard InChI is InChI=1S/C16H18N2O2/c19-11-14-5-1-2-9-18(14)16(20)13-6-7-15-12(10-13)4-3-8-17-15/h3-4,6-8,10,14,19H,1-2,5,9,11H2. The fraction of sp³-hybridized carbons (Fsp3) is 0.375. The molecule has 1 aliphatic rings. The van der Waals surface area contributed by atoms with E-state index in [0.717, 1.165) is 36.7 Å². The smallest absolute Gasteiger partial charge is 0.254 e. The molecule has 3 rings (SSSR count). The van der Waals surface area contributed by atoms with E-state index in [9.17, 15) is 9.90 Å². The van der Waals surface area contributed by atoms with Gasteiger partial charge in [-0.05, 0) is 43.5 Å². The Bertz CT molecular complexity index is 627. The van der Waals surface area contributed by atoms with Gasteiger partial charge < -0.3 is 10.0 Å². The Hall–Kier alpha value is -1.94. The Kier molecular flexibility index (Phi) is 3.65. The van der Waals surface area contributed by atoms with Gasteiger partial charge in [0.05, 0.1) is 18.2 Å². The second-order valence-corrected chi connectivity index (χ2v) is 5.24. The van der Waals surface area contributed by atoms with E-state index in [1.54, 1.807) is 11.1 Å². The molecule has 2 heterocycles. The van der Waals surface area contributed by atoms with Crippen LogP contribution in [0.15, 0.2) is 36.5 Å². The minimum Gasteiger partial charge on any atom is -0.394 e. The van der Waals surface area contributed by atoms with Crippen LogP contribution in [0.3, 0.4) is 0 Å². The summed E-state index contributed by atoms with van der Waals surface area (Å²) in [5, 5.41) is 10.4. The summed E-state index contributed by atoms with van der Waals surface area (Å²) in [7, 11) is 0. The number of pyridine rings is 1. The number of rotatable bonds is 2. The molecule has 1 aliphatic heterocycles. The lowest BCUT2D eigenvalue weighted by atomic mass is 10.0. The number of carbonyl (C=O) groups excluding carboxylic acids is 1. The predicted molar refractivity (Wildman–Crippen MR) is 77.5 cm³/mol. The van der Waals surface area contributed by atoms with Gasteiger partial charge in [0, 0.05) is 23.7 Å². The highest BCUT2D eigenvalue weighted by Gasteiger charge is 2.26. The summed E-state index contributed by atoms with van der Waals surface area (Å²) in [5.41, 5.74) is 1.56. The van der Waals surface area contributed by atoms with Crippen LogP contribution < -0.4 is 0 Å². The van der Waals surface area contributed by atoms with E-state index in [2.05, 4.69) is 4.98 Å². The molecule has 4 nitrogen and oxygen atoms in total. The molecule has 104 valence electrons. The second-order valence-electron chi connectivity index (χ2n) is 5.24. The number of hydrogen-bond acceptors (Lipinski definition) is 3. The number of aliphatic hydroxyl groups is 1. The van der Waals surface area contributed by atoms with Crippen LogP contribution in [0.5, 0.6) is 0 Å². The lowest BCUT2D eigenvalue weighted by Crippen LogP contribution is -2.45. The summed E-state index contributed by atoms with van der Waals surface area (Å²) < 4.78 is 0. The van der Waals surface area contributed by atoms with Crippen molar-refractivity contribution in [2.24, 2.45) is 0 Å². The first-order chi connectivity index (χ1) is 9.79. The van der Waals surface area contributed by atoms with Crippen molar-refractivity contribution in [3.05, 3.63) is 42.1 Å². The number of carbonyl (C=O) groups is 1. The average Bonchev–Trinajstić information content (AvgIpc) is 2.53. The third-order valence-electron chi connectivity index (χ3n) is 3.95. The summed E-state index contributed by atoms with van der Waals surface area (Å²) in [5.74, 6) is 0.00880. The number of amides is 1. The highest BCUT2D eigenvalue weighted by Crippen LogP contribution is 2.21. The maximum Gasteiger partial charge on any atom is 0.254 e. The van der Waals surface area contributed by atoms with E-state index in [4.69, 9.17) is 0 Å². The van der Waals surface area contributed by atoms with Crippen molar-refractivity contribution in [2.75, 3.05) is 13.2 Å². The summed E-state index contributed by atoms with van der Waals surface area (Å²) >= 11 is 0. The molecule has 1 atom stereocenters. The first-order valence-electron chi connectivity index (χ1n) is 7.06. The maximum atomic E-state index is 12.6. The number of nitrogens with zero attached hydrogens (tertiary/aromatic N) is 2. The van der Waals surface area contributed by atoms with Crippen LogP contribution in [-0.4, -0.2) is 40.1 Å². The highest BCUT2D eigenvalue weighted by atomic mass is 16.3. The third kappa shape index (κ3) is 2.39. The zero-order valence-corrected chi connectivity index (χ0v) is 11.3. The monoisotopic (exact) mass is 270 g/mol. The first-order valence-corrected chi connectivity index (χ1v) is 7.06. The highest BCUT2D eigenvalue weighted by molar-refractivity contribution is 5.98. The Morgan fingerprint density at radius 1 is 1.35 bits per heavy atom. The second kappa shape index (κ2) is 5.59. The van der Waals surface area contributed by atoms with E-state index in [-0.39, 0.29) is 18.6 Å². The molecule has 0 spiro atoms. The molecule has 0 bridgehead atoms. The number of hydrogen-bond donors (Lipinski definition) is 1. The molecule has 1 unspecified atom stereocenters. The molecule has 0 radical (unpaired) electrons. The molecule has 1 N–H and O–H groups in total. The average molecular weight is 270 g/mol. The Balaban J connectivity index is 1.91. The summed E-state index contributed by atoms with van der Waals surface area (Å²) in [6, 6.07) is 9.36. The van der Waals surface area contributed by atoms with Gasteiger partial charge in [-0.1, -0.05) is 6.07 Å². The van der Waals surface area contributed by atoms with Gasteiger partial charge in [0.1, 0.15) is 0 Å². The van der Waals surface area contributed by atoms with Gasteiger partial charge >= 0.3 is 0 Å². The van der Waals surface area contributed by atoms with Crippen LogP contribution in [0.2, 0.25) is 0 Å². The number of benzene rings is 1. The van der Waals surface area contributed by atoms with Crippen molar-refractivity contribution in [1.29, 1.82) is 0 Å². The number of fused-ring (bicyclic) bond motifs is 1. The Morgan fingerprint density at radius 3 is 3.10 bits per heavy atom. The third-order valence-corrected chi connectivity index (χ3v) is 3.95. The van der Waals surface area contributed by atoms with Crippen molar-refractivity contribution < 1.29 is 9.90 Å². The summed E-state index contributed by atoms with van der Waals surface area (Å²) in [6.45, 7) is 0.774. The number of likely N-dealkylation sites (tertiary alicyclic amines) is 1. The zero-order valence-electron chi connectivity index (χ0n) is 11.3. The molecule has 4 heteroatoms. The zero-order chi connectivity index (χ0) is 13.9. The van der Waals surface area contributed by atoms with Gasteiger partial charge in [0.15, 0.2) is 0 Å². The van der Waals surface area contributed by atoms with Crippen LogP contribution in [0.1, 0.15) is 29.6 Å². The lowest BCUT2D eigenvalue weighted by molar-refractivity contribution is 0.0503. The van der Waals surface area contributed by atoms with E-state index in [1.807, 2.05) is 30.3 Å². The van der Waals surface area contributed by atoms with Crippen LogP contribution in [0.25, 0.3) is 10.9 Å². The fourth-order valence-electron chi connectivity index (χ4n) is 2.83. The van der Waals surface area contributed by atoms with E-state index < -0.39 is 0 Å². The van der Waals surface area contributed by atoms with Gasteiger partial charge in [0.25, 0.3) is 5.91 Å². The van der Waals surface area contributed by atoms with Crippen LogP contribution >= 0.6 is 0 Å². The summed E-state index contributed by atoms with van der Waals surface area (Å²) in [6.07, 6.45) is 4.72. The molecular weight excluding hydrogens is 252 g/mol. The molecular formula is C16H18N2O2. The molecule has 1 aromatic heterocycles. The largest absolute Gasteiger partial charge is 0.394 e. The van der Waals surface area contributed by atoms with Crippen molar-refractivity contribution in [2.45, 2.75) is 25.3 Å².